The predicted molar refractivity (Wildman–Crippen MR) is 202 cm³/mol. The highest BCUT2D eigenvalue weighted by atomic mass is 32.2. The molecule has 296 valence electrons. The Hall–Kier alpha value is -4.40. The van der Waals surface area contributed by atoms with Crippen molar-refractivity contribution in [2.24, 2.45) is 5.92 Å². The number of hydrogen-bond donors (Lipinski definition) is 3. The summed E-state index contributed by atoms with van der Waals surface area (Å²) in [5.41, 5.74) is 0.268. The number of sulfonamides is 1. The van der Waals surface area contributed by atoms with Crippen LogP contribution >= 0.6 is 0 Å². The first-order chi connectivity index (χ1) is 26.2. The van der Waals surface area contributed by atoms with Crippen LogP contribution < -0.4 is 24.8 Å². The number of rotatable bonds is 7. The number of methoxy groups -OCH3 is 1. The number of carbonyl (C=O) groups excluding carboxylic acids is 4. The van der Waals surface area contributed by atoms with Crippen molar-refractivity contribution < 1.29 is 41.8 Å². The van der Waals surface area contributed by atoms with E-state index in [-0.39, 0.29) is 25.3 Å². The Balaban J connectivity index is 1.14. The molecule has 1 saturated heterocycles. The minimum Gasteiger partial charge on any atom is -0.497 e. The lowest BCUT2D eigenvalue weighted by molar-refractivity contribution is -0.141. The molecule has 3 saturated carbocycles. The van der Waals surface area contributed by atoms with Crippen LogP contribution in [0.15, 0.2) is 30.4 Å². The van der Waals surface area contributed by atoms with Crippen molar-refractivity contribution in [1.82, 2.24) is 25.2 Å². The molecule has 5 atom stereocenters. The molecule has 1 aromatic heterocycles. The van der Waals surface area contributed by atoms with Crippen molar-refractivity contribution in [2.75, 3.05) is 13.7 Å². The lowest BCUT2D eigenvalue weighted by Gasteiger charge is -2.37. The molecule has 6 aliphatic rings. The van der Waals surface area contributed by atoms with E-state index in [1.54, 1.807) is 27.9 Å². The van der Waals surface area contributed by atoms with Gasteiger partial charge >= 0.3 is 6.09 Å². The topological polar surface area (TPSA) is 182 Å². The number of aromatic nitrogens is 1. The third-order valence-electron chi connectivity index (χ3n) is 12.4. The van der Waals surface area contributed by atoms with Gasteiger partial charge in [0.2, 0.25) is 21.8 Å². The molecular formula is C40H51N5O9S. The molecule has 15 heteroatoms. The zero-order valence-electron chi connectivity index (χ0n) is 31.9. The zero-order valence-corrected chi connectivity index (χ0v) is 32.8. The average molecular weight is 778 g/mol. The Morgan fingerprint density at radius 3 is 2.58 bits per heavy atom. The Labute approximate surface area is 321 Å². The van der Waals surface area contributed by atoms with Crippen LogP contribution in [0.3, 0.4) is 0 Å². The van der Waals surface area contributed by atoms with E-state index in [4.69, 9.17) is 19.2 Å². The fraction of sp³-hybridized carbons (Fsp3) is 0.625. The summed E-state index contributed by atoms with van der Waals surface area (Å²) < 4.78 is 45.6. The second-order valence-corrected chi connectivity index (χ2v) is 19.1. The van der Waals surface area contributed by atoms with E-state index in [1.165, 1.54) is 4.90 Å². The van der Waals surface area contributed by atoms with Crippen LogP contribution in [0.25, 0.3) is 10.9 Å². The summed E-state index contributed by atoms with van der Waals surface area (Å²) in [6.07, 6.45) is 9.29. The predicted octanol–water partition coefficient (Wildman–Crippen LogP) is 4.29. The Morgan fingerprint density at radius 2 is 1.87 bits per heavy atom. The van der Waals surface area contributed by atoms with E-state index in [2.05, 4.69) is 15.4 Å². The lowest BCUT2D eigenvalue weighted by atomic mass is 9.86. The summed E-state index contributed by atoms with van der Waals surface area (Å²) >= 11 is 0. The van der Waals surface area contributed by atoms with Crippen LogP contribution in [-0.4, -0.2) is 89.8 Å². The maximum absolute atomic E-state index is 14.7. The van der Waals surface area contributed by atoms with Gasteiger partial charge in [-0.2, -0.15) is 0 Å². The van der Waals surface area contributed by atoms with Crippen LogP contribution in [0.2, 0.25) is 0 Å². The lowest BCUT2D eigenvalue weighted by Crippen LogP contribution is -2.58. The highest BCUT2D eigenvalue weighted by molar-refractivity contribution is 7.91. The minimum absolute atomic E-state index is 0.0702. The van der Waals surface area contributed by atoms with Crippen molar-refractivity contribution in [2.45, 2.75) is 138 Å². The minimum atomic E-state index is -3.98. The third kappa shape index (κ3) is 7.01. The summed E-state index contributed by atoms with van der Waals surface area (Å²) in [6.45, 7) is 5.12. The summed E-state index contributed by atoms with van der Waals surface area (Å²) in [6, 6.07) is 3.78. The number of hydrogen-bond acceptors (Lipinski definition) is 10. The van der Waals surface area contributed by atoms with Crippen molar-refractivity contribution in [3.63, 3.8) is 0 Å². The quantitative estimate of drug-likeness (QED) is 0.343. The average Bonchev–Trinajstić information content (AvgIpc) is 4.07. The highest BCUT2D eigenvalue weighted by Gasteiger charge is 2.64. The van der Waals surface area contributed by atoms with Crippen LogP contribution in [0.4, 0.5) is 4.79 Å². The van der Waals surface area contributed by atoms with E-state index in [9.17, 15) is 27.6 Å². The van der Waals surface area contributed by atoms with Gasteiger partial charge in [-0.1, -0.05) is 18.6 Å². The van der Waals surface area contributed by atoms with Crippen molar-refractivity contribution in [1.29, 1.82) is 0 Å². The number of nitrogens with one attached hydrogen (secondary N) is 3. The number of nitrogens with zero attached hydrogens (tertiary/aromatic N) is 2. The number of ether oxygens (including phenoxy) is 3. The van der Waals surface area contributed by atoms with Gasteiger partial charge in [-0.05, 0) is 97.1 Å². The molecule has 1 spiro atoms. The monoisotopic (exact) mass is 777 g/mol. The van der Waals surface area contributed by atoms with Crippen LogP contribution in [0, 0.1) is 5.92 Å². The number of alkyl carbamates (subject to hydrolysis) is 1. The maximum atomic E-state index is 14.7. The number of carbonyl (C=O) groups is 4. The summed E-state index contributed by atoms with van der Waals surface area (Å²) in [4.78, 5) is 62.7. The number of pyridine rings is 1. The smallest absolute Gasteiger partial charge is 0.408 e. The first-order valence-electron chi connectivity index (χ1n) is 19.7. The summed E-state index contributed by atoms with van der Waals surface area (Å²) in [5.74, 6) is -0.567. The molecular weight excluding hydrogens is 727 g/mol. The summed E-state index contributed by atoms with van der Waals surface area (Å²) in [5, 5.41) is 6.69. The zero-order chi connectivity index (χ0) is 38.9. The van der Waals surface area contributed by atoms with Crippen molar-refractivity contribution in [3.8, 4) is 11.5 Å². The Kier molecular flexibility index (Phi) is 9.32. The molecule has 4 amide bonds. The molecule has 3 aliphatic heterocycles. The second kappa shape index (κ2) is 13.7. The van der Waals surface area contributed by atoms with Gasteiger partial charge in [0.1, 0.15) is 34.7 Å². The van der Waals surface area contributed by atoms with Crippen LogP contribution in [0.5, 0.6) is 11.5 Å². The maximum Gasteiger partial charge on any atom is 0.408 e. The fourth-order valence-electron chi connectivity index (χ4n) is 8.51. The van der Waals surface area contributed by atoms with Gasteiger partial charge in [0, 0.05) is 35.3 Å². The van der Waals surface area contributed by atoms with Crippen LogP contribution in [-0.2, 0) is 35.6 Å². The van der Waals surface area contributed by atoms with Crippen LogP contribution in [0.1, 0.15) is 109 Å². The van der Waals surface area contributed by atoms with Gasteiger partial charge in [-0.25, -0.2) is 18.2 Å². The van der Waals surface area contributed by atoms with Gasteiger partial charge in [-0.3, -0.25) is 19.1 Å². The molecule has 55 heavy (non-hydrogen) atoms. The van der Waals surface area contributed by atoms with Crippen molar-refractivity contribution >= 4 is 44.7 Å². The van der Waals surface area contributed by atoms with E-state index in [0.717, 1.165) is 35.0 Å². The molecule has 4 heterocycles. The van der Waals surface area contributed by atoms with E-state index < -0.39 is 73.8 Å². The van der Waals surface area contributed by atoms with E-state index in [1.807, 2.05) is 30.4 Å². The second-order valence-electron chi connectivity index (χ2n) is 17.0. The molecule has 3 N–H and O–H groups in total. The number of benzene rings is 1. The molecule has 0 bridgehead atoms. The SMILES string of the molecule is COc1ccc2c3c(c(C4CC4)nc2c1)O[C@]1(CC3)C[C@H]2C(=O)N[C@]3(C(=O)NS(=O)(=O)C4(C)CC4)C[C@H]3/C=C\CCCC[C@H](NC(=O)OC(C)C)C(=O)N2C1. The van der Waals surface area contributed by atoms with Gasteiger partial charge in [0.05, 0.1) is 35.7 Å². The molecule has 4 fully saturated rings. The molecule has 8 rings (SSSR count). The first kappa shape index (κ1) is 37.5. The van der Waals surface area contributed by atoms with Gasteiger partial charge < -0.3 is 29.7 Å². The number of aryl methyl sites for hydroxylation is 1. The normalized spacial score (nSPS) is 30.6. The van der Waals surface area contributed by atoms with Gasteiger partial charge in [-0.15, -0.1) is 0 Å². The third-order valence-corrected chi connectivity index (χ3v) is 14.5. The van der Waals surface area contributed by atoms with Crippen molar-refractivity contribution in [3.05, 3.63) is 41.6 Å². The first-order valence-corrected chi connectivity index (χ1v) is 21.2. The molecule has 1 aromatic carbocycles. The largest absolute Gasteiger partial charge is 0.497 e. The molecule has 0 unspecified atom stereocenters. The summed E-state index contributed by atoms with van der Waals surface area (Å²) in [7, 11) is -2.36. The molecule has 0 radical (unpaired) electrons. The van der Waals surface area contributed by atoms with E-state index >= 15 is 0 Å². The highest BCUT2D eigenvalue weighted by Crippen LogP contribution is 2.52. The number of fused-ring (bicyclic) bond motifs is 5. The Bertz CT molecular complexity index is 2080. The van der Waals surface area contributed by atoms with E-state index in [0.29, 0.717) is 62.9 Å². The standard InChI is InChI=1S/C40H51N5O9S/c1-23(2)53-37(49)42-29-10-8-6-5-7-9-25-20-40(25,36(48)44-55(50,51)38(3)17-18-38)43-34(46)31-21-39(22-45(31)35(29)47)16-15-28-27-14-13-26(52-4)19-30(27)41-32(24-11-12-24)33(28)54-39/h7,9,13-14,19,23-25,29,31H,5-6,8,10-12,15-18,20-22H2,1-4H3,(H,42,49)(H,43,46)(H,44,48)/b9-7-/t25-,29+,31+,39-,40-/m1/s1. The molecule has 14 nitrogen and oxygen atoms in total. The van der Waals surface area contributed by atoms with Gasteiger partial charge in [0.25, 0.3) is 5.91 Å². The number of amides is 4. The fourth-order valence-corrected chi connectivity index (χ4v) is 9.83. The molecule has 2 aromatic rings. The molecule has 3 aliphatic carbocycles. The Morgan fingerprint density at radius 1 is 1.09 bits per heavy atom. The van der Waals surface area contributed by atoms with Gasteiger partial charge in [0.15, 0.2) is 0 Å². The number of allylic oxidation sites excluding steroid dienone is 1.